The lowest BCUT2D eigenvalue weighted by Crippen LogP contribution is -2.33. The molecule has 20 heavy (non-hydrogen) atoms. The van der Waals surface area contributed by atoms with E-state index in [1.807, 2.05) is 0 Å². The van der Waals surface area contributed by atoms with E-state index in [2.05, 4.69) is 10.6 Å². The number of halogens is 2. The van der Waals surface area contributed by atoms with Gasteiger partial charge in [-0.3, -0.25) is 14.9 Å². The Balaban J connectivity index is 2.03. The van der Waals surface area contributed by atoms with Crippen LogP contribution in [0.15, 0.2) is 12.1 Å². The fourth-order valence-electron chi connectivity index (χ4n) is 1.72. The van der Waals surface area contributed by atoms with E-state index < -0.39 is 33.7 Å². The van der Waals surface area contributed by atoms with Crippen molar-refractivity contribution in [2.24, 2.45) is 0 Å². The fourth-order valence-corrected chi connectivity index (χ4v) is 1.72. The average molecular weight is 285 g/mol. The Morgan fingerprint density at radius 2 is 2.05 bits per heavy atom. The standard InChI is InChI=1S/C12H13F2N3O3/c13-8-3-4-9(17(19)20)11(14)10(8)12(18)16-6-5-15-7-1-2-7/h3-4,7,15H,1-2,5-6H2,(H,16,18). The molecule has 0 spiro atoms. The van der Waals surface area contributed by atoms with Crippen LogP contribution in [-0.2, 0) is 0 Å². The molecule has 1 amide bonds. The smallest absolute Gasteiger partial charge is 0.305 e. The Kier molecular flexibility index (Phi) is 4.23. The quantitative estimate of drug-likeness (QED) is 0.469. The van der Waals surface area contributed by atoms with Crippen LogP contribution in [0.5, 0.6) is 0 Å². The van der Waals surface area contributed by atoms with Crippen molar-refractivity contribution in [3.8, 4) is 0 Å². The molecule has 108 valence electrons. The van der Waals surface area contributed by atoms with Gasteiger partial charge in [0.1, 0.15) is 11.4 Å². The number of nitrogens with zero attached hydrogens (tertiary/aromatic N) is 1. The number of benzene rings is 1. The van der Waals surface area contributed by atoms with Crippen molar-refractivity contribution in [1.29, 1.82) is 0 Å². The highest BCUT2D eigenvalue weighted by Gasteiger charge is 2.26. The molecular weight excluding hydrogens is 272 g/mol. The molecule has 0 unspecified atom stereocenters. The molecule has 1 saturated carbocycles. The number of rotatable bonds is 6. The lowest BCUT2D eigenvalue weighted by Gasteiger charge is -2.07. The van der Waals surface area contributed by atoms with Crippen LogP contribution in [0, 0.1) is 21.7 Å². The van der Waals surface area contributed by atoms with Crippen molar-refractivity contribution in [1.82, 2.24) is 10.6 Å². The van der Waals surface area contributed by atoms with Crippen molar-refractivity contribution in [3.63, 3.8) is 0 Å². The summed E-state index contributed by atoms with van der Waals surface area (Å²) in [6.07, 6.45) is 2.17. The maximum Gasteiger partial charge on any atom is 0.305 e. The minimum atomic E-state index is -1.46. The van der Waals surface area contributed by atoms with Crippen molar-refractivity contribution >= 4 is 11.6 Å². The van der Waals surface area contributed by atoms with E-state index >= 15 is 0 Å². The predicted molar refractivity (Wildman–Crippen MR) is 66.4 cm³/mol. The number of nitrogens with one attached hydrogen (secondary N) is 2. The molecule has 1 fully saturated rings. The number of hydrogen-bond acceptors (Lipinski definition) is 4. The van der Waals surface area contributed by atoms with E-state index in [0.717, 1.165) is 12.8 Å². The second kappa shape index (κ2) is 5.91. The van der Waals surface area contributed by atoms with Gasteiger partial charge in [0.25, 0.3) is 5.91 Å². The summed E-state index contributed by atoms with van der Waals surface area (Å²) in [4.78, 5) is 21.2. The summed E-state index contributed by atoms with van der Waals surface area (Å²) in [5, 5.41) is 16.0. The number of nitro groups is 1. The van der Waals surface area contributed by atoms with Crippen LogP contribution >= 0.6 is 0 Å². The molecule has 1 aliphatic carbocycles. The molecule has 2 N–H and O–H groups in total. The van der Waals surface area contributed by atoms with E-state index in [-0.39, 0.29) is 6.54 Å². The van der Waals surface area contributed by atoms with Crippen LogP contribution < -0.4 is 10.6 Å². The van der Waals surface area contributed by atoms with Crippen molar-refractivity contribution < 1.29 is 18.5 Å². The van der Waals surface area contributed by atoms with Crippen molar-refractivity contribution in [3.05, 3.63) is 39.4 Å². The molecule has 0 aromatic heterocycles. The lowest BCUT2D eigenvalue weighted by molar-refractivity contribution is -0.387. The number of hydrogen-bond donors (Lipinski definition) is 2. The Hall–Kier alpha value is -2.09. The second-order valence-electron chi connectivity index (χ2n) is 4.50. The molecule has 1 aromatic rings. The van der Waals surface area contributed by atoms with Crippen LogP contribution in [0.3, 0.4) is 0 Å². The first-order valence-electron chi connectivity index (χ1n) is 6.14. The Bertz CT molecular complexity index is 547. The molecular formula is C12H13F2N3O3. The minimum Gasteiger partial charge on any atom is -0.351 e. The van der Waals surface area contributed by atoms with Gasteiger partial charge in [0.15, 0.2) is 0 Å². The van der Waals surface area contributed by atoms with Gasteiger partial charge < -0.3 is 10.6 Å². The highest BCUT2D eigenvalue weighted by molar-refractivity contribution is 5.95. The summed E-state index contributed by atoms with van der Waals surface area (Å²) in [5.41, 5.74) is -1.85. The highest BCUT2D eigenvalue weighted by atomic mass is 19.1. The molecule has 0 aliphatic heterocycles. The van der Waals surface area contributed by atoms with Crippen LogP contribution in [-0.4, -0.2) is 30.0 Å². The third-order valence-electron chi connectivity index (χ3n) is 2.92. The van der Waals surface area contributed by atoms with Gasteiger partial charge >= 0.3 is 5.69 Å². The van der Waals surface area contributed by atoms with E-state index in [4.69, 9.17) is 0 Å². The molecule has 6 nitrogen and oxygen atoms in total. The summed E-state index contributed by atoms with van der Waals surface area (Å²) in [5.74, 6) is -3.58. The van der Waals surface area contributed by atoms with Crippen LogP contribution in [0.4, 0.5) is 14.5 Å². The number of nitro benzene ring substituents is 1. The first kappa shape index (κ1) is 14.3. The summed E-state index contributed by atoms with van der Waals surface area (Å²) in [6.45, 7) is 0.672. The van der Waals surface area contributed by atoms with Gasteiger partial charge in [0.2, 0.25) is 5.82 Å². The first-order valence-corrected chi connectivity index (χ1v) is 6.14. The Morgan fingerprint density at radius 3 is 2.65 bits per heavy atom. The van der Waals surface area contributed by atoms with Gasteiger partial charge in [-0.2, -0.15) is 4.39 Å². The first-order chi connectivity index (χ1) is 9.50. The second-order valence-corrected chi connectivity index (χ2v) is 4.50. The molecule has 0 saturated heterocycles. The monoisotopic (exact) mass is 285 g/mol. The minimum absolute atomic E-state index is 0.191. The van der Waals surface area contributed by atoms with Gasteiger partial charge in [-0.15, -0.1) is 0 Å². The molecule has 0 heterocycles. The molecule has 0 bridgehead atoms. The van der Waals surface area contributed by atoms with Gasteiger partial charge in [-0.05, 0) is 18.9 Å². The topological polar surface area (TPSA) is 84.3 Å². The van der Waals surface area contributed by atoms with Gasteiger partial charge in [0, 0.05) is 25.2 Å². The molecule has 2 rings (SSSR count). The Morgan fingerprint density at radius 1 is 1.35 bits per heavy atom. The third-order valence-corrected chi connectivity index (χ3v) is 2.92. The summed E-state index contributed by atoms with van der Waals surface area (Å²) >= 11 is 0. The van der Waals surface area contributed by atoms with Crippen LogP contribution in [0.25, 0.3) is 0 Å². The number of carbonyl (C=O) groups excluding carboxylic acids is 1. The molecule has 1 aliphatic rings. The Labute approximate surface area is 113 Å². The zero-order valence-corrected chi connectivity index (χ0v) is 10.5. The largest absolute Gasteiger partial charge is 0.351 e. The summed E-state index contributed by atoms with van der Waals surface area (Å²) < 4.78 is 27.2. The number of amides is 1. The molecule has 8 heteroatoms. The molecule has 0 radical (unpaired) electrons. The fraction of sp³-hybridized carbons (Fsp3) is 0.417. The van der Waals surface area contributed by atoms with E-state index in [1.165, 1.54) is 0 Å². The summed E-state index contributed by atoms with van der Waals surface area (Å²) in [7, 11) is 0. The van der Waals surface area contributed by atoms with Crippen molar-refractivity contribution in [2.75, 3.05) is 13.1 Å². The lowest BCUT2D eigenvalue weighted by atomic mass is 10.1. The van der Waals surface area contributed by atoms with E-state index in [1.54, 1.807) is 0 Å². The van der Waals surface area contributed by atoms with Crippen LogP contribution in [0.2, 0.25) is 0 Å². The predicted octanol–water partition coefficient (Wildman–Crippen LogP) is 1.35. The normalized spacial score (nSPS) is 14.1. The SMILES string of the molecule is O=C(NCCNC1CC1)c1c(F)ccc([N+](=O)[O-])c1F. The van der Waals surface area contributed by atoms with E-state index in [9.17, 15) is 23.7 Å². The van der Waals surface area contributed by atoms with Crippen molar-refractivity contribution in [2.45, 2.75) is 18.9 Å². The van der Waals surface area contributed by atoms with Gasteiger partial charge in [-0.25, -0.2) is 4.39 Å². The van der Waals surface area contributed by atoms with Gasteiger partial charge in [0.05, 0.1) is 4.92 Å². The summed E-state index contributed by atoms with van der Waals surface area (Å²) in [6, 6.07) is 1.85. The highest BCUT2D eigenvalue weighted by Crippen LogP contribution is 2.23. The van der Waals surface area contributed by atoms with Gasteiger partial charge in [-0.1, -0.05) is 0 Å². The third kappa shape index (κ3) is 3.27. The molecule has 0 atom stereocenters. The zero-order chi connectivity index (χ0) is 14.7. The average Bonchev–Trinajstić information content (AvgIpc) is 3.18. The maximum atomic E-state index is 13.7. The molecule has 1 aromatic carbocycles. The number of carbonyl (C=O) groups is 1. The van der Waals surface area contributed by atoms with E-state index in [0.29, 0.717) is 24.7 Å². The zero-order valence-electron chi connectivity index (χ0n) is 10.5. The van der Waals surface area contributed by atoms with Crippen LogP contribution in [0.1, 0.15) is 23.2 Å². The maximum absolute atomic E-state index is 13.7.